The van der Waals surface area contributed by atoms with Crippen LogP contribution in [-0.4, -0.2) is 191 Å². The van der Waals surface area contributed by atoms with Crippen LogP contribution < -0.4 is 0 Å². The zero-order valence-electron chi connectivity index (χ0n) is 40.2. The number of aliphatic hydroxyl groups excluding tert-OH is 12. The minimum absolute atomic E-state index is 0.0861. The van der Waals surface area contributed by atoms with Crippen LogP contribution in [0.2, 0.25) is 0 Å². The highest BCUT2D eigenvalue weighted by Gasteiger charge is 2.74. The quantitative estimate of drug-likeness (QED) is 0.0904. The molecule has 3 heterocycles. The largest absolute Gasteiger partial charge is 0.394 e. The van der Waals surface area contributed by atoms with Gasteiger partial charge in [0.2, 0.25) is 0 Å². The molecule has 4 aliphatic carbocycles. The molecular weight excluding hydrogens is 865 g/mol. The van der Waals surface area contributed by atoms with Crippen molar-refractivity contribution in [3.05, 3.63) is 11.6 Å². The van der Waals surface area contributed by atoms with Crippen LogP contribution in [0, 0.1) is 45.3 Å². The van der Waals surface area contributed by atoms with Gasteiger partial charge in [-0.2, -0.15) is 0 Å². The summed E-state index contributed by atoms with van der Waals surface area (Å²) >= 11 is 0. The van der Waals surface area contributed by atoms with Gasteiger partial charge in [0.25, 0.3) is 0 Å². The van der Waals surface area contributed by atoms with Gasteiger partial charge in [-0.05, 0) is 124 Å². The minimum Gasteiger partial charge on any atom is -0.394 e. The molecule has 12 N–H and O–H groups in total. The normalized spacial score (nSPS) is 53.5. The highest BCUT2D eigenvalue weighted by Crippen LogP contribution is 2.76. The Labute approximate surface area is 388 Å². The molecule has 7 rings (SSSR count). The molecule has 0 spiro atoms. The van der Waals surface area contributed by atoms with Gasteiger partial charge in [0.05, 0.1) is 43.2 Å². The van der Waals surface area contributed by atoms with Crippen LogP contribution in [0.4, 0.5) is 0 Å². The molecule has 18 nitrogen and oxygen atoms in total. The van der Waals surface area contributed by atoms with Crippen molar-refractivity contribution in [2.75, 3.05) is 13.2 Å². The van der Waals surface area contributed by atoms with E-state index in [1.165, 1.54) is 6.92 Å². The van der Waals surface area contributed by atoms with Gasteiger partial charge in [0.15, 0.2) is 18.9 Å². The average molecular weight is 947 g/mol. The van der Waals surface area contributed by atoms with Crippen molar-refractivity contribution in [1.29, 1.82) is 0 Å². The van der Waals surface area contributed by atoms with Crippen molar-refractivity contribution >= 4 is 0 Å². The molecule has 18 heteroatoms. The molecule has 3 saturated heterocycles. The summed E-state index contributed by atoms with van der Waals surface area (Å²) in [6, 6.07) is 0. The summed E-state index contributed by atoms with van der Waals surface area (Å²) in [5.74, 6) is -1.12. The van der Waals surface area contributed by atoms with Gasteiger partial charge in [-0.3, -0.25) is 0 Å². The zero-order valence-corrected chi connectivity index (χ0v) is 40.2. The lowest BCUT2D eigenvalue weighted by atomic mass is 9.34. The van der Waals surface area contributed by atoms with Crippen LogP contribution >= 0.6 is 0 Å². The molecule has 0 amide bonds. The first-order valence-electron chi connectivity index (χ1n) is 24.3. The van der Waals surface area contributed by atoms with Crippen LogP contribution in [0.5, 0.6) is 0 Å². The average Bonchev–Trinajstić information content (AvgIpc) is 3.64. The van der Waals surface area contributed by atoms with Crippen LogP contribution in [0.3, 0.4) is 0 Å². The molecule has 7 fully saturated rings. The maximum atomic E-state index is 12.7. The summed E-state index contributed by atoms with van der Waals surface area (Å²) in [4.78, 5) is 0. The first-order chi connectivity index (χ1) is 30.7. The smallest absolute Gasteiger partial charge is 0.187 e. The molecular formula is C48H82O18. The van der Waals surface area contributed by atoms with Crippen LogP contribution in [0.1, 0.15) is 114 Å². The Balaban J connectivity index is 1.27. The third-order valence-electron chi connectivity index (χ3n) is 18.7. The van der Waals surface area contributed by atoms with E-state index < -0.39 is 151 Å². The summed E-state index contributed by atoms with van der Waals surface area (Å²) in [7, 11) is 0. The lowest BCUT2D eigenvalue weighted by Crippen LogP contribution is -2.71. The van der Waals surface area contributed by atoms with E-state index in [0.29, 0.717) is 51.4 Å². The standard InChI is InChI=1S/C48H82O18/c1-21(2)11-10-14-48(9,66-42-38(60)35(57)32(54)26(19-49)63-42)23-12-16-46(7)30(23)24(51)17-28-45(6)15-13-29(52)44(4,5)40(45)25(18-47(28,46)8)62-43-39(36(58)33(55)27(20-50)64-43)65-41-37(59)34(56)31(53)22(3)61-41/h11,22-43,49-60H,10,12-20H2,1-9H3/t22-,23+,24-,25+,26-,27-,28-,29+,30+,31+,32-,33-,34?,35+,36+,37-,38-,39-,40+,41-,42+,43-,45-,46-,47-,48+/m1/s1. The van der Waals surface area contributed by atoms with E-state index in [-0.39, 0.29) is 23.7 Å². The molecule has 0 aromatic heterocycles. The van der Waals surface area contributed by atoms with Gasteiger partial charge in [-0.25, -0.2) is 0 Å². The number of aliphatic hydroxyl groups is 12. The first kappa shape index (κ1) is 52.8. The third kappa shape index (κ3) is 8.69. The van der Waals surface area contributed by atoms with Crippen molar-refractivity contribution in [3.63, 3.8) is 0 Å². The van der Waals surface area contributed by atoms with E-state index >= 15 is 0 Å². The van der Waals surface area contributed by atoms with Crippen molar-refractivity contribution in [2.24, 2.45) is 45.3 Å². The summed E-state index contributed by atoms with van der Waals surface area (Å²) in [6.07, 6.45) is -18.3. The molecule has 26 atom stereocenters. The molecule has 0 aromatic carbocycles. The number of fused-ring (bicyclic) bond motifs is 5. The maximum absolute atomic E-state index is 12.7. The van der Waals surface area contributed by atoms with Crippen LogP contribution in [-0.2, 0) is 28.4 Å². The fourth-order valence-corrected chi connectivity index (χ4v) is 14.9. The van der Waals surface area contributed by atoms with Gasteiger partial charge in [-0.15, -0.1) is 0 Å². The number of rotatable bonds is 12. The predicted octanol–water partition coefficient (Wildman–Crippen LogP) is -0.0284. The molecule has 1 unspecified atom stereocenters. The Morgan fingerprint density at radius 1 is 0.682 bits per heavy atom. The van der Waals surface area contributed by atoms with E-state index in [2.05, 4.69) is 26.8 Å². The molecule has 4 saturated carbocycles. The summed E-state index contributed by atoms with van der Waals surface area (Å²) in [6.45, 7) is 16.8. The molecule has 0 bridgehead atoms. The van der Waals surface area contributed by atoms with Gasteiger partial charge < -0.3 is 89.7 Å². The van der Waals surface area contributed by atoms with Gasteiger partial charge in [0.1, 0.15) is 67.1 Å². The number of ether oxygens (including phenoxy) is 6. The molecule has 382 valence electrons. The van der Waals surface area contributed by atoms with Gasteiger partial charge in [-0.1, -0.05) is 46.3 Å². The Morgan fingerprint density at radius 3 is 1.89 bits per heavy atom. The Kier molecular flexibility index (Phi) is 15.4. The molecule has 0 aromatic rings. The Morgan fingerprint density at radius 2 is 1.27 bits per heavy atom. The molecule has 3 aliphatic heterocycles. The van der Waals surface area contributed by atoms with E-state index in [4.69, 9.17) is 28.4 Å². The van der Waals surface area contributed by atoms with E-state index in [1.807, 2.05) is 34.6 Å². The van der Waals surface area contributed by atoms with E-state index in [1.54, 1.807) is 0 Å². The van der Waals surface area contributed by atoms with Gasteiger partial charge >= 0.3 is 0 Å². The fourth-order valence-electron chi connectivity index (χ4n) is 14.9. The Hall–Kier alpha value is -0.980. The van der Waals surface area contributed by atoms with Crippen molar-refractivity contribution in [1.82, 2.24) is 0 Å². The monoisotopic (exact) mass is 947 g/mol. The fraction of sp³-hybridized carbons (Fsp3) is 0.958. The highest BCUT2D eigenvalue weighted by atomic mass is 16.8. The van der Waals surface area contributed by atoms with Gasteiger partial charge in [0, 0.05) is 0 Å². The number of hydrogen-bond acceptors (Lipinski definition) is 18. The van der Waals surface area contributed by atoms with Crippen molar-refractivity contribution in [2.45, 2.75) is 230 Å². The lowest BCUT2D eigenvalue weighted by molar-refractivity contribution is -0.382. The van der Waals surface area contributed by atoms with E-state index in [9.17, 15) is 61.3 Å². The second-order valence-electron chi connectivity index (χ2n) is 23.0. The number of allylic oxidation sites excluding steroid dienone is 2. The third-order valence-corrected chi connectivity index (χ3v) is 18.7. The molecule has 0 radical (unpaired) electrons. The second kappa shape index (κ2) is 19.2. The molecule has 66 heavy (non-hydrogen) atoms. The first-order valence-corrected chi connectivity index (χ1v) is 24.3. The molecule has 7 aliphatic rings. The van der Waals surface area contributed by atoms with Crippen LogP contribution in [0.15, 0.2) is 11.6 Å². The van der Waals surface area contributed by atoms with Crippen molar-refractivity contribution < 1.29 is 89.7 Å². The van der Waals surface area contributed by atoms with Crippen molar-refractivity contribution in [3.8, 4) is 0 Å². The summed E-state index contributed by atoms with van der Waals surface area (Å²) in [5.41, 5.74) is -2.43. The number of hydrogen-bond donors (Lipinski definition) is 12. The summed E-state index contributed by atoms with van der Waals surface area (Å²) < 4.78 is 38.1. The highest BCUT2D eigenvalue weighted by molar-refractivity contribution is 5.22. The second-order valence-corrected chi connectivity index (χ2v) is 23.0. The predicted molar refractivity (Wildman–Crippen MR) is 234 cm³/mol. The topological polar surface area (TPSA) is 298 Å². The van der Waals surface area contributed by atoms with Crippen LogP contribution in [0.25, 0.3) is 0 Å². The minimum atomic E-state index is -1.75. The zero-order chi connectivity index (χ0) is 48.8. The summed E-state index contributed by atoms with van der Waals surface area (Å²) in [5, 5.41) is 132. The van der Waals surface area contributed by atoms with E-state index in [0.717, 1.165) is 5.57 Å². The maximum Gasteiger partial charge on any atom is 0.187 e. The SMILES string of the molecule is CC(C)=CCC[C@](C)(O[C@@H]1O[C@H](CO)[C@@H](O)[C@H](O)[C@H]1O)[C@H]1CC[C@]2(C)[C@@H]1[C@H](O)C[C@@H]1[C@@]3(C)CC[C@H](O)C(C)(C)[C@@H]3[C@@H](O[C@@H]3O[C@H](CO)[C@@H](O)[C@H](O)[C@H]3O[C@H]3O[C@H](C)[C@H](O)C(O)[C@H]3O)C[C@]12C. The lowest BCUT2D eigenvalue weighted by Gasteiger charge is -2.72. The Bertz CT molecular complexity index is 1700.